The molecular formula is C11H18N2. The molecule has 1 heterocycles. The van der Waals surface area contributed by atoms with E-state index in [1.54, 1.807) is 0 Å². The Morgan fingerprint density at radius 1 is 1.54 bits per heavy atom. The molecule has 1 aliphatic heterocycles. The number of allylic oxidation sites excluding steroid dienone is 2. The van der Waals surface area contributed by atoms with Crippen molar-refractivity contribution in [3.8, 4) is 0 Å². The molecule has 0 spiro atoms. The van der Waals surface area contributed by atoms with Crippen LogP contribution in [-0.4, -0.2) is 18.8 Å². The van der Waals surface area contributed by atoms with E-state index in [9.17, 15) is 0 Å². The molecule has 2 nitrogen and oxygen atoms in total. The Morgan fingerprint density at radius 3 is 3.31 bits per heavy atom. The number of rotatable bonds is 3. The van der Waals surface area contributed by atoms with E-state index in [0.29, 0.717) is 6.04 Å². The van der Waals surface area contributed by atoms with Gasteiger partial charge in [-0.25, -0.2) is 0 Å². The molecule has 0 aromatic heterocycles. The molecule has 1 N–H and O–H groups in total. The van der Waals surface area contributed by atoms with Gasteiger partial charge in [0.25, 0.3) is 0 Å². The minimum absolute atomic E-state index is 0.601. The SMILES string of the molecule is C/C=C\N=C/CC1CCC=CCN1. The first-order valence-corrected chi connectivity index (χ1v) is 4.94. The second-order valence-electron chi connectivity index (χ2n) is 3.20. The molecule has 72 valence electrons. The summed E-state index contributed by atoms with van der Waals surface area (Å²) in [7, 11) is 0. The fraction of sp³-hybridized carbons (Fsp3) is 0.545. The van der Waals surface area contributed by atoms with Gasteiger partial charge < -0.3 is 5.32 Å². The summed E-state index contributed by atoms with van der Waals surface area (Å²) in [6, 6.07) is 0.601. The molecule has 1 aliphatic rings. The van der Waals surface area contributed by atoms with Crippen LogP contribution in [0.2, 0.25) is 0 Å². The molecule has 0 bridgehead atoms. The maximum absolute atomic E-state index is 4.15. The maximum Gasteiger partial charge on any atom is 0.0221 e. The van der Waals surface area contributed by atoms with E-state index in [1.165, 1.54) is 12.8 Å². The molecule has 1 unspecified atom stereocenters. The second kappa shape index (κ2) is 6.61. The van der Waals surface area contributed by atoms with Gasteiger partial charge in [0.1, 0.15) is 0 Å². The standard InChI is InChI=1S/C11H18N2/c1-2-8-12-10-7-11-6-4-3-5-9-13-11/h2-3,5,8,10-11,13H,4,6-7,9H2,1H3/b8-2-,12-10-. The van der Waals surface area contributed by atoms with E-state index in [4.69, 9.17) is 0 Å². The van der Waals surface area contributed by atoms with Crippen LogP contribution >= 0.6 is 0 Å². The van der Waals surface area contributed by atoms with E-state index in [1.807, 2.05) is 25.4 Å². The highest BCUT2D eigenvalue weighted by atomic mass is 14.9. The third-order valence-corrected chi connectivity index (χ3v) is 2.10. The molecule has 0 aliphatic carbocycles. The average molecular weight is 178 g/mol. The summed E-state index contributed by atoms with van der Waals surface area (Å²) >= 11 is 0. The molecule has 2 heteroatoms. The summed E-state index contributed by atoms with van der Waals surface area (Å²) in [5.74, 6) is 0. The fourth-order valence-electron chi connectivity index (χ4n) is 1.37. The van der Waals surface area contributed by atoms with Gasteiger partial charge in [-0.05, 0) is 26.2 Å². The molecule has 0 saturated carbocycles. The molecule has 0 saturated heterocycles. The zero-order valence-corrected chi connectivity index (χ0v) is 8.24. The smallest absolute Gasteiger partial charge is 0.0221 e. The predicted molar refractivity (Wildman–Crippen MR) is 58.1 cm³/mol. The summed E-state index contributed by atoms with van der Waals surface area (Å²) in [5.41, 5.74) is 0. The molecular weight excluding hydrogens is 160 g/mol. The molecule has 0 radical (unpaired) electrons. The third kappa shape index (κ3) is 4.63. The Labute approximate surface area is 80.4 Å². The molecule has 1 atom stereocenters. The lowest BCUT2D eigenvalue weighted by atomic mass is 10.1. The molecule has 13 heavy (non-hydrogen) atoms. The number of nitrogens with zero attached hydrogens (tertiary/aromatic N) is 1. The van der Waals surface area contributed by atoms with Crippen molar-refractivity contribution in [2.75, 3.05) is 6.54 Å². The minimum Gasteiger partial charge on any atom is -0.310 e. The number of hydrogen-bond acceptors (Lipinski definition) is 2. The van der Waals surface area contributed by atoms with Gasteiger partial charge in [-0.15, -0.1) is 0 Å². The van der Waals surface area contributed by atoms with Gasteiger partial charge >= 0.3 is 0 Å². The summed E-state index contributed by atoms with van der Waals surface area (Å²) in [6.07, 6.45) is 13.6. The number of aliphatic imine (C=N–C) groups is 1. The van der Waals surface area contributed by atoms with Crippen LogP contribution in [0.4, 0.5) is 0 Å². The quantitative estimate of drug-likeness (QED) is 0.520. The van der Waals surface area contributed by atoms with E-state index >= 15 is 0 Å². The van der Waals surface area contributed by atoms with E-state index in [0.717, 1.165) is 13.0 Å². The highest BCUT2D eigenvalue weighted by molar-refractivity contribution is 5.58. The van der Waals surface area contributed by atoms with Gasteiger partial charge in [-0.2, -0.15) is 0 Å². The normalized spacial score (nSPS) is 24.2. The summed E-state index contributed by atoms with van der Waals surface area (Å²) in [5, 5.41) is 3.46. The van der Waals surface area contributed by atoms with Crippen LogP contribution in [0.5, 0.6) is 0 Å². The van der Waals surface area contributed by atoms with Gasteiger partial charge in [0.15, 0.2) is 0 Å². The third-order valence-electron chi connectivity index (χ3n) is 2.10. The van der Waals surface area contributed by atoms with E-state index in [-0.39, 0.29) is 0 Å². The molecule has 0 fully saturated rings. The van der Waals surface area contributed by atoms with Crippen LogP contribution in [0.1, 0.15) is 26.2 Å². The Bertz CT molecular complexity index is 194. The summed E-state index contributed by atoms with van der Waals surface area (Å²) in [6.45, 7) is 2.98. The molecule has 0 aromatic carbocycles. The van der Waals surface area contributed by atoms with Crippen molar-refractivity contribution in [3.05, 3.63) is 24.4 Å². The van der Waals surface area contributed by atoms with Gasteiger partial charge in [0, 0.05) is 25.0 Å². The highest BCUT2D eigenvalue weighted by Crippen LogP contribution is 2.04. The lowest BCUT2D eigenvalue weighted by Crippen LogP contribution is -2.28. The first kappa shape index (κ1) is 10.2. The van der Waals surface area contributed by atoms with Crippen molar-refractivity contribution >= 4 is 6.21 Å². The lowest BCUT2D eigenvalue weighted by Gasteiger charge is -2.11. The van der Waals surface area contributed by atoms with Gasteiger partial charge in [0.05, 0.1) is 0 Å². The first-order valence-electron chi connectivity index (χ1n) is 4.94. The van der Waals surface area contributed by atoms with Crippen LogP contribution < -0.4 is 5.32 Å². The Hall–Kier alpha value is -0.890. The second-order valence-corrected chi connectivity index (χ2v) is 3.20. The highest BCUT2D eigenvalue weighted by Gasteiger charge is 2.05. The van der Waals surface area contributed by atoms with Gasteiger partial charge in [-0.3, -0.25) is 4.99 Å². The first-order chi connectivity index (χ1) is 6.43. The number of hydrogen-bond donors (Lipinski definition) is 1. The average Bonchev–Trinajstić information content (AvgIpc) is 2.41. The Balaban J connectivity index is 2.20. The lowest BCUT2D eigenvalue weighted by molar-refractivity contribution is 0.537. The molecule has 0 aromatic rings. The van der Waals surface area contributed by atoms with E-state index < -0.39 is 0 Å². The molecule has 1 rings (SSSR count). The topological polar surface area (TPSA) is 24.4 Å². The maximum atomic E-state index is 4.15. The van der Waals surface area contributed by atoms with Crippen molar-refractivity contribution in [2.24, 2.45) is 4.99 Å². The Kier molecular flexibility index (Phi) is 5.18. The van der Waals surface area contributed by atoms with Crippen LogP contribution in [0.15, 0.2) is 29.4 Å². The monoisotopic (exact) mass is 178 g/mol. The predicted octanol–water partition coefficient (Wildman–Crippen LogP) is 2.29. The van der Waals surface area contributed by atoms with Crippen molar-refractivity contribution < 1.29 is 0 Å². The fourth-order valence-corrected chi connectivity index (χ4v) is 1.37. The number of nitrogens with one attached hydrogen (secondary N) is 1. The Morgan fingerprint density at radius 2 is 2.46 bits per heavy atom. The van der Waals surface area contributed by atoms with Gasteiger partial charge in [0.2, 0.25) is 0 Å². The summed E-state index contributed by atoms with van der Waals surface area (Å²) < 4.78 is 0. The minimum atomic E-state index is 0.601. The van der Waals surface area contributed by atoms with Crippen LogP contribution in [-0.2, 0) is 0 Å². The van der Waals surface area contributed by atoms with E-state index in [2.05, 4.69) is 22.5 Å². The van der Waals surface area contributed by atoms with Crippen molar-refractivity contribution in [2.45, 2.75) is 32.2 Å². The van der Waals surface area contributed by atoms with Crippen molar-refractivity contribution in [1.82, 2.24) is 5.32 Å². The van der Waals surface area contributed by atoms with Crippen LogP contribution in [0.25, 0.3) is 0 Å². The van der Waals surface area contributed by atoms with Crippen molar-refractivity contribution in [1.29, 1.82) is 0 Å². The zero-order chi connectivity index (χ0) is 9.36. The zero-order valence-electron chi connectivity index (χ0n) is 8.24. The van der Waals surface area contributed by atoms with Crippen LogP contribution in [0, 0.1) is 0 Å². The summed E-state index contributed by atoms with van der Waals surface area (Å²) in [4.78, 5) is 4.15. The van der Waals surface area contributed by atoms with Gasteiger partial charge in [-0.1, -0.05) is 18.2 Å². The molecule has 0 amide bonds. The van der Waals surface area contributed by atoms with Crippen LogP contribution in [0.3, 0.4) is 0 Å². The largest absolute Gasteiger partial charge is 0.310 e. The van der Waals surface area contributed by atoms with Crippen molar-refractivity contribution in [3.63, 3.8) is 0 Å².